The first-order chi connectivity index (χ1) is 14.7. The maximum atomic E-state index is 12.7. The van der Waals surface area contributed by atoms with Crippen LogP contribution in [0.3, 0.4) is 0 Å². The van der Waals surface area contributed by atoms with Gasteiger partial charge in [-0.05, 0) is 54.3 Å². The van der Waals surface area contributed by atoms with Gasteiger partial charge in [0.2, 0.25) is 0 Å². The summed E-state index contributed by atoms with van der Waals surface area (Å²) in [5.41, 5.74) is 4.51. The molecule has 7 heteroatoms. The van der Waals surface area contributed by atoms with Crippen LogP contribution in [0, 0.1) is 5.92 Å². The number of amides is 1. The van der Waals surface area contributed by atoms with Crippen molar-refractivity contribution < 1.29 is 4.79 Å². The van der Waals surface area contributed by atoms with Crippen molar-refractivity contribution in [2.24, 2.45) is 5.92 Å². The lowest BCUT2D eigenvalue weighted by Crippen LogP contribution is -2.35. The molecular formula is C23H23N5OS. The third-order valence-corrected chi connectivity index (χ3v) is 6.43. The molecule has 0 radical (unpaired) electrons. The molecule has 1 aliphatic carbocycles. The molecule has 1 amide bonds. The Morgan fingerprint density at radius 1 is 1.23 bits per heavy atom. The second kappa shape index (κ2) is 7.91. The summed E-state index contributed by atoms with van der Waals surface area (Å²) in [6.45, 7) is 2.13. The number of rotatable bonds is 7. The molecule has 0 aliphatic heterocycles. The van der Waals surface area contributed by atoms with Crippen molar-refractivity contribution in [3.8, 4) is 11.1 Å². The van der Waals surface area contributed by atoms with E-state index in [9.17, 15) is 4.79 Å². The number of fused-ring (bicyclic) bond motifs is 1. The normalized spacial score (nSPS) is 14.6. The summed E-state index contributed by atoms with van der Waals surface area (Å²) in [5.74, 6) is 0.671. The highest BCUT2D eigenvalue weighted by Gasteiger charge is 2.31. The molecule has 1 fully saturated rings. The molecule has 0 bridgehead atoms. The fourth-order valence-corrected chi connectivity index (χ4v) is 4.53. The Morgan fingerprint density at radius 2 is 2.07 bits per heavy atom. The monoisotopic (exact) mass is 417 g/mol. The second-order valence-electron chi connectivity index (χ2n) is 7.69. The average Bonchev–Trinajstić information content (AvgIpc) is 3.34. The summed E-state index contributed by atoms with van der Waals surface area (Å²) in [5, 5.41) is 13.0. The lowest BCUT2D eigenvalue weighted by molar-refractivity contribution is 0.0935. The van der Waals surface area contributed by atoms with E-state index < -0.39 is 0 Å². The smallest absolute Gasteiger partial charge is 0.261 e. The summed E-state index contributed by atoms with van der Waals surface area (Å²) < 4.78 is 1.76. The Balaban J connectivity index is 1.35. The fourth-order valence-electron chi connectivity index (χ4n) is 3.72. The van der Waals surface area contributed by atoms with E-state index in [-0.39, 0.29) is 11.9 Å². The van der Waals surface area contributed by atoms with E-state index in [1.54, 1.807) is 16.9 Å². The van der Waals surface area contributed by atoms with Crippen molar-refractivity contribution in [3.63, 3.8) is 0 Å². The quantitative estimate of drug-likeness (QED) is 0.438. The van der Waals surface area contributed by atoms with Crippen LogP contribution in [-0.2, 0) is 0 Å². The van der Waals surface area contributed by atoms with E-state index in [4.69, 9.17) is 0 Å². The molecular weight excluding hydrogens is 394 g/mol. The van der Waals surface area contributed by atoms with E-state index in [2.05, 4.69) is 27.6 Å². The number of nitrogens with zero attached hydrogens (tertiary/aromatic N) is 3. The molecule has 1 atom stereocenters. The van der Waals surface area contributed by atoms with Crippen LogP contribution in [0.2, 0.25) is 0 Å². The van der Waals surface area contributed by atoms with Crippen LogP contribution in [-0.4, -0.2) is 26.5 Å². The molecule has 0 saturated heterocycles. The number of hydrogen-bond acceptors (Lipinski definition) is 5. The SMILES string of the molecule is CC[C@@H](NC(=O)c1cc(-c2cnn3cc(Nc4ccccc4)cnc23)cs1)C1CC1. The van der Waals surface area contributed by atoms with Crippen LogP contribution in [0.1, 0.15) is 35.9 Å². The third-order valence-electron chi connectivity index (χ3n) is 5.50. The average molecular weight is 418 g/mol. The van der Waals surface area contributed by atoms with Crippen molar-refractivity contribution in [2.75, 3.05) is 5.32 Å². The summed E-state index contributed by atoms with van der Waals surface area (Å²) in [4.78, 5) is 18.0. The van der Waals surface area contributed by atoms with E-state index in [1.807, 2.05) is 48.0 Å². The van der Waals surface area contributed by atoms with E-state index >= 15 is 0 Å². The topological polar surface area (TPSA) is 71.3 Å². The minimum absolute atomic E-state index is 0.0174. The molecule has 5 rings (SSSR count). The maximum Gasteiger partial charge on any atom is 0.261 e. The number of anilines is 2. The molecule has 0 unspecified atom stereocenters. The van der Waals surface area contributed by atoms with Gasteiger partial charge in [0.1, 0.15) is 0 Å². The summed E-state index contributed by atoms with van der Waals surface area (Å²) >= 11 is 1.46. The van der Waals surface area contributed by atoms with Crippen molar-refractivity contribution >= 4 is 34.3 Å². The first-order valence-electron chi connectivity index (χ1n) is 10.3. The number of aromatic nitrogens is 3. The van der Waals surface area contributed by atoms with Gasteiger partial charge in [-0.15, -0.1) is 11.3 Å². The molecule has 30 heavy (non-hydrogen) atoms. The Hall–Kier alpha value is -3.19. The molecule has 2 N–H and O–H groups in total. The Morgan fingerprint density at radius 3 is 2.83 bits per heavy atom. The van der Waals surface area contributed by atoms with Gasteiger partial charge in [0.05, 0.1) is 29.2 Å². The van der Waals surface area contributed by atoms with Crippen LogP contribution in [0.4, 0.5) is 11.4 Å². The predicted octanol–water partition coefficient (Wildman–Crippen LogP) is 5.12. The van der Waals surface area contributed by atoms with E-state index in [0.717, 1.165) is 39.4 Å². The molecule has 1 aromatic carbocycles. The predicted molar refractivity (Wildman–Crippen MR) is 120 cm³/mol. The van der Waals surface area contributed by atoms with Crippen molar-refractivity contribution in [3.05, 3.63) is 65.2 Å². The highest BCUT2D eigenvalue weighted by molar-refractivity contribution is 7.12. The Labute approximate surface area is 179 Å². The molecule has 6 nitrogen and oxygen atoms in total. The second-order valence-corrected chi connectivity index (χ2v) is 8.60. The lowest BCUT2D eigenvalue weighted by atomic mass is 10.1. The van der Waals surface area contributed by atoms with E-state index in [1.165, 1.54) is 24.2 Å². The minimum Gasteiger partial charge on any atom is -0.353 e. The highest BCUT2D eigenvalue weighted by atomic mass is 32.1. The van der Waals surface area contributed by atoms with Gasteiger partial charge < -0.3 is 10.6 Å². The fraction of sp³-hybridized carbons (Fsp3) is 0.261. The van der Waals surface area contributed by atoms with Gasteiger partial charge in [0.15, 0.2) is 5.65 Å². The summed E-state index contributed by atoms with van der Waals surface area (Å²) in [6, 6.07) is 12.2. The van der Waals surface area contributed by atoms with Gasteiger partial charge in [-0.2, -0.15) is 5.10 Å². The molecule has 1 saturated carbocycles. The largest absolute Gasteiger partial charge is 0.353 e. The number of hydrogen-bond donors (Lipinski definition) is 2. The minimum atomic E-state index is 0.0174. The zero-order valence-electron chi connectivity index (χ0n) is 16.7. The number of thiophene rings is 1. The lowest BCUT2D eigenvalue weighted by Gasteiger charge is -2.15. The molecule has 3 heterocycles. The molecule has 0 spiro atoms. The zero-order valence-corrected chi connectivity index (χ0v) is 17.5. The van der Waals surface area contributed by atoms with E-state index in [0.29, 0.717) is 5.92 Å². The van der Waals surface area contributed by atoms with Crippen LogP contribution in [0.25, 0.3) is 16.8 Å². The number of benzene rings is 1. The molecule has 4 aromatic rings. The van der Waals surface area contributed by atoms with Crippen LogP contribution in [0.5, 0.6) is 0 Å². The number of carbonyl (C=O) groups excluding carboxylic acids is 1. The van der Waals surface area contributed by atoms with Gasteiger partial charge in [0, 0.05) is 17.3 Å². The van der Waals surface area contributed by atoms with Gasteiger partial charge in [0.25, 0.3) is 5.91 Å². The number of carbonyl (C=O) groups is 1. The van der Waals surface area contributed by atoms with Crippen molar-refractivity contribution in [1.82, 2.24) is 19.9 Å². The van der Waals surface area contributed by atoms with Gasteiger partial charge in [-0.3, -0.25) is 4.79 Å². The van der Waals surface area contributed by atoms with Gasteiger partial charge in [-0.1, -0.05) is 25.1 Å². The molecule has 1 aliphatic rings. The third kappa shape index (κ3) is 3.80. The standard InChI is InChI=1S/C23H23N5OS/c1-2-20(15-8-9-15)27-23(29)21-10-16(14-30-21)19-12-25-28-13-18(11-24-22(19)28)26-17-6-4-3-5-7-17/h3-7,10-15,20,26H,2,8-9H2,1H3,(H,27,29)/t20-/m1/s1. The van der Waals surface area contributed by atoms with Crippen LogP contribution >= 0.6 is 11.3 Å². The zero-order chi connectivity index (χ0) is 20.5. The molecule has 152 valence electrons. The first kappa shape index (κ1) is 18.8. The first-order valence-corrected chi connectivity index (χ1v) is 11.1. The van der Waals surface area contributed by atoms with Crippen molar-refractivity contribution in [2.45, 2.75) is 32.2 Å². The Kier molecular flexibility index (Phi) is 4.96. The number of nitrogens with one attached hydrogen (secondary N) is 2. The van der Waals surface area contributed by atoms with Crippen molar-refractivity contribution in [1.29, 1.82) is 0 Å². The summed E-state index contributed by atoms with van der Waals surface area (Å²) in [6.07, 6.45) is 8.95. The summed E-state index contributed by atoms with van der Waals surface area (Å²) in [7, 11) is 0. The highest BCUT2D eigenvalue weighted by Crippen LogP contribution is 2.34. The Bertz CT molecular complexity index is 1180. The number of para-hydroxylation sites is 1. The van der Waals surface area contributed by atoms with Crippen LogP contribution in [0.15, 0.2) is 60.4 Å². The van der Waals surface area contributed by atoms with Gasteiger partial charge in [-0.25, -0.2) is 9.50 Å². The van der Waals surface area contributed by atoms with Gasteiger partial charge >= 0.3 is 0 Å². The maximum absolute atomic E-state index is 12.7. The molecule has 3 aromatic heterocycles. The van der Waals surface area contributed by atoms with Crippen LogP contribution < -0.4 is 10.6 Å².